The molecule has 3 rings (SSSR count). The molecule has 0 fully saturated rings. The summed E-state index contributed by atoms with van der Waals surface area (Å²) in [6.07, 6.45) is 0.538. The van der Waals surface area contributed by atoms with Crippen LogP contribution in [0, 0.1) is 4.91 Å². The fraction of sp³-hybridized carbons (Fsp3) is 0.231. The molecular formula is C13H12N4O3. The van der Waals surface area contributed by atoms with E-state index in [2.05, 4.69) is 10.4 Å². The van der Waals surface area contributed by atoms with Gasteiger partial charge in [-0.25, -0.2) is 9.48 Å². The number of nitroso groups, excluding NO2 is 1. The third-order valence-corrected chi connectivity index (χ3v) is 3.36. The van der Waals surface area contributed by atoms with E-state index in [4.69, 9.17) is 0 Å². The van der Waals surface area contributed by atoms with Crippen molar-refractivity contribution in [2.75, 3.05) is 6.54 Å². The molecule has 0 aliphatic carbocycles. The molecule has 7 heteroatoms. The molecule has 0 unspecified atom stereocenters. The first-order valence-electron chi connectivity index (χ1n) is 6.18. The van der Waals surface area contributed by atoms with Crippen molar-refractivity contribution >= 4 is 5.97 Å². The molecule has 2 heterocycles. The normalized spacial score (nSPS) is 13.9. The average molecular weight is 272 g/mol. The Balaban J connectivity index is 2.14. The Morgan fingerprint density at radius 3 is 2.70 bits per heavy atom. The highest BCUT2D eigenvalue weighted by Gasteiger charge is 2.28. The summed E-state index contributed by atoms with van der Waals surface area (Å²) in [5, 5.41) is 17.6. The fourth-order valence-electron chi connectivity index (χ4n) is 2.43. The van der Waals surface area contributed by atoms with Crippen molar-refractivity contribution in [3.8, 4) is 5.69 Å². The summed E-state index contributed by atoms with van der Waals surface area (Å²) in [5.41, 5.74) is 2.18. The van der Waals surface area contributed by atoms with Crippen LogP contribution >= 0.6 is 0 Å². The van der Waals surface area contributed by atoms with Gasteiger partial charge in [-0.05, 0) is 12.1 Å². The summed E-state index contributed by atoms with van der Waals surface area (Å²) in [7, 11) is 0. The van der Waals surface area contributed by atoms with Gasteiger partial charge in [0.1, 0.15) is 0 Å². The number of nitrogens with zero attached hydrogens (tertiary/aromatic N) is 4. The zero-order valence-corrected chi connectivity index (χ0v) is 10.6. The molecular weight excluding hydrogens is 260 g/mol. The summed E-state index contributed by atoms with van der Waals surface area (Å²) in [5.74, 6) is -1.09. The quantitative estimate of drug-likeness (QED) is 0.857. The first-order chi connectivity index (χ1) is 9.70. The standard InChI is InChI=1S/C13H12N4O3/c18-13(19)12-10-8-16(15-20)7-6-11(10)17(14-12)9-4-2-1-3-5-9/h1-5H,6-8H2,(H,18,19). The molecule has 0 spiro atoms. The van der Waals surface area contributed by atoms with Gasteiger partial charge in [0, 0.05) is 18.5 Å². The zero-order valence-electron chi connectivity index (χ0n) is 10.6. The van der Waals surface area contributed by atoms with Gasteiger partial charge >= 0.3 is 5.97 Å². The largest absolute Gasteiger partial charge is 0.476 e. The SMILES string of the molecule is O=NN1CCc2c(c(C(=O)O)nn2-c2ccccc2)C1. The molecule has 2 aromatic rings. The molecule has 0 atom stereocenters. The number of aromatic nitrogens is 2. The second-order valence-corrected chi connectivity index (χ2v) is 4.55. The molecule has 0 amide bonds. The maximum atomic E-state index is 11.3. The van der Waals surface area contributed by atoms with Crippen molar-refractivity contribution in [2.24, 2.45) is 5.29 Å². The number of rotatable bonds is 3. The van der Waals surface area contributed by atoms with Crippen molar-refractivity contribution in [1.82, 2.24) is 14.8 Å². The molecule has 20 heavy (non-hydrogen) atoms. The lowest BCUT2D eigenvalue weighted by Gasteiger charge is -2.21. The van der Waals surface area contributed by atoms with Gasteiger partial charge in [0.25, 0.3) is 0 Å². The van der Waals surface area contributed by atoms with Crippen LogP contribution < -0.4 is 0 Å². The highest BCUT2D eigenvalue weighted by atomic mass is 16.4. The molecule has 0 bridgehead atoms. The molecule has 1 N–H and O–H groups in total. The van der Waals surface area contributed by atoms with E-state index in [-0.39, 0.29) is 12.2 Å². The van der Waals surface area contributed by atoms with E-state index >= 15 is 0 Å². The van der Waals surface area contributed by atoms with Crippen LogP contribution in [0.5, 0.6) is 0 Å². The minimum atomic E-state index is -1.09. The van der Waals surface area contributed by atoms with Crippen molar-refractivity contribution < 1.29 is 9.90 Å². The third-order valence-electron chi connectivity index (χ3n) is 3.36. The summed E-state index contributed by atoms with van der Waals surface area (Å²) in [6, 6.07) is 9.35. The lowest BCUT2D eigenvalue weighted by Crippen LogP contribution is -2.26. The second kappa shape index (κ2) is 4.76. The predicted octanol–water partition coefficient (Wildman–Crippen LogP) is 1.61. The maximum Gasteiger partial charge on any atom is 0.356 e. The fourth-order valence-corrected chi connectivity index (χ4v) is 2.43. The predicted molar refractivity (Wildman–Crippen MR) is 70.4 cm³/mol. The molecule has 0 radical (unpaired) electrons. The summed E-state index contributed by atoms with van der Waals surface area (Å²) in [6.45, 7) is 0.654. The van der Waals surface area contributed by atoms with Crippen LogP contribution in [-0.2, 0) is 13.0 Å². The van der Waals surface area contributed by atoms with Crippen molar-refractivity contribution in [3.05, 3.63) is 52.2 Å². The van der Waals surface area contributed by atoms with Crippen molar-refractivity contribution in [1.29, 1.82) is 0 Å². The van der Waals surface area contributed by atoms with Crippen LogP contribution in [0.3, 0.4) is 0 Å². The minimum absolute atomic E-state index is 0.0165. The summed E-state index contributed by atoms with van der Waals surface area (Å²) < 4.78 is 1.64. The zero-order chi connectivity index (χ0) is 14.1. The average Bonchev–Trinajstić information content (AvgIpc) is 2.87. The number of carboxylic acids is 1. The van der Waals surface area contributed by atoms with Crippen LogP contribution in [0.4, 0.5) is 0 Å². The topological polar surface area (TPSA) is 87.8 Å². The Morgan fingerprint density at radius 2 is 2.05 bits per heavy atom. The number of para-hydroxylation sites is 1. The molecule has 1 aliphatic heterocycles. The van der Waals surface area contributed by atoms with Gasteiger partial charge in [-0.3, -0.25) is 5.01 Å². The highest BCUT2D eigenvalue weighted by molar-refractivity contribution is 5.87. The smallest absolute Gasteiger partial charge is 0.356 e. The molecule has 1 aromatic carbocycles. The van der Waals surface area contributed by atoms with Crippen LogP contribution in [0.15, 0.2) is 35.6 Å². The van der Waals surface area contributed by atoms with E-state index in [9.17, 15) is 14.8 Å². The van der Waals surface area contributed by atoms with E-state index in [1.165, 1.54) is 5.01 Å². The molecule has 0 saturated carbocycles. The number of benzene rings is 1. The number of hydrogen-bond acceptors (Lipinski definition) is 4. The monoisotopic (exact) mass is 272 g/mol. The Hall–Kier alpha value is -2.70. The van der Waals surface area contributed by atoms with Gasteiger partial charge in [-0.1, -0.05) is 18.2 Å². The van der Waals surface area contributed by atoms with Gasteiger partial charge in [-0.15, -0.1) is 4.91 Å². The molecule has 7 nitrogen and oxygen atoms in total. The number of hydrogen-bond donors (Lipinski definition) is 1. The maximum absolute atomic E-state index is 11.3. The lowest BCUT2D eigenvalue weighted by molar-refractivity contribution is 0.0687. The van der Waals surface area contributed by atoms with E-state index < -0.39 is 5.97 Å². The van der Waals surface area contributed by atoms with Gasteiger partial charge in [0.05, 0.1) is 23.2 Å². The first kappa shape index (κ1) is 12.3. The Morgan fingerprint density at radius 1 is 1.30 bits per heavy atom. The Labute approximate surface area is 114 Å². The minimum Gasteiger partial charge on any atom is -0.476 e. The third kappa shape index (κ3) is 1.93. The molecule has 1 aromatic heterocycles. The van der Waals surface area contributed by atoms with Gasteiger partial charge in [0.2, 0.25) is 0 Å². The summed E-state index contributed by atoms with van der Waals surface area (Å²) in [4.78, 5) is 21.9. The van der Waals surface area contributed by atoms with E-state index in [1.807, 2.05) is 30.3 Å². The molecule has 0 saturated heterocycles. The van der Waals surface area contributed by atoms with Gasteiger partial charge in [0.15, 0.2) is 5.69 Å². The van der Waals surface area contributed by atoms with Crippen molar-refractivity contribution in [3.63, 3.8) is 0 Å². The first-order valence-corrected chi connectivity index (χ1v) is 6.18. The number of carbonyl (C=O) groups is 1. The Kier molecular flexibility index (Phi) is 2.94. The molecule has 1 aliphatic rings. The summed E-state index contributed by atoms with van der Waals surface area (Å²) >= 11 is 0. The Bertz CT molecular complexity index is 666. The second-order valence-electron chi connectivity index (χ2n) is 4.55. The van der Waals surface area contributed by atoms with Gasteiger partial charge in [-0.2, -0.15) is 5.10 Å². The van der Waals surface area contributed by atoms with E-state index in [1.54, 1.807) is 4.68 Å². The van der Waals surface area contributed by atoms with Crippen LogP contribution in [-0.4, -0.2) is 32.4 Å². The molecule has 102 valence electrons. The lowest BCUT2D eigenvalue weighted by atomic mass is 10.1. The number of carboxylic acid groups (broad SMARTS) is 1. The van der Waals surface area contributed by atoms with Crippen molar-refractivity contribution in [2.45, 2.75) is 13.0 Å². The van der Waals surface area contributed by atoms with Crippen LogP contribution in [0.1, 0.15) is 21.7 Å². The van der Waals surface area contributed by atoms with Crippen LogP contribution in [0.25, 0.3) is 5.69 Å². The van der Waals surface area contributed by atoms with E-state index in [0.717, 1.165) is 11.4 Å². The van der Waals surface area contributed by atoms with Crippen LogP contribution in [0.2, 0.25) is 0 Å². The van der Waals surface area contributed by atoms with E-state index in [0.29, 0.717) is 18.5 Å². The number of aromatic carboxylic acids is 1. The highest BCUT2D eigenvalue weighted by Crippen LogP contribution is 2.25. The number of fused-ring (bicyclic) bond motifs is 1. The van der Waals surface area contributed by atoms with Gasteiger partial charge < -0.3 is 5.11 Å².